The molecule has 0 aliphatic heterocycles. The number of benzene rings is 2. The molecule has 29 heavy (non-hydrogen) atoms. The Morgan fingerprint density at radius 1 is 1.17 bits per heavy atom. The molecule has 1 N–H and O–H groups in total. The minimum atomic E-state index is -4.70. The van der Waals surface area contributed by atoms with E-state index in [-0.39, 0.29) is 32.6 Å². The molecule has 1 amide bonds. The molecule has 0 saturated heterocycles. The fourth-order valence-corrected chi connectivity index (χ4v) is 3.30. The van der Waals surface area contributed by atoms with Crippen LogP contribution in [-0.2, 0) is 11.0 Å². The second-order valence-electron chi connectivity index (χ2n) is 5.60. The van der Waals surface area contributed by atoms with E-state index in [1.807, 2.05) is 0 Å². The molecule has 0 aliphatic carbocycles. The molecule has 0 spiro atoms. The van der Waals surface area contributed by atoms with Crippen LogP contribution in [0.4, 0.5) is 13.2 Å². The van der Waals surface area contributed by atoms with Gasteiger partial charge in [-0.15, -0.1) is 5.10 Å². The van der Waals surface area contributed by atoms with Crippen molar-refractivity contribution in [2.75, 3.05) is 0 Å². The maximum Gasteiger partial charge on any atom is 0.417 e. The standard InChI is InChI=1S/C16H9Cl3F3N5O2/c1-7(28)24-29-12-5-11(27-6-23-25-26-27)14(18)13(15(12)19)8-2-3-10(17)9(4-8)16(20,21)22/h2-6H,1H3,(H,24,28). The zero-order chi connectivity index (χ0) is 21.3. The van der Waals surface area contributed by atoms with Crippen molar-refractivity contribution in [2.45, 2.75) is 13.1 Å². The lowest BCUT2D eigenvalue weighted by Crippen LogP contribution is -2.24. The monoisotopic (exact) mass is 465 g/mol. The summed E-state index contributed by atoms with van der Waals surface area (Å²) in [6.45, 7) is 1.20. The number of alkyl halides is 3. The van der Waals surface area contributed by atoms with Crippen LogP contribution >= 0.6 is 34.8 Å². The van der Waals surface area contributed by atoms with E-state index in [9.17, 15) is 18.0 Å². The van der Waals surface area contributed by atoms with E-state index in [0.717, 1.165) is 16.8 Å². The molecule has 13 heteroatoms. The molecule has 0 saturated carbocycles. The fourth-order valence-electron chi connectivity index (χ4n) is 2.39. The van der Waals surface area contributed by atoms with E-state index < -0.39 is 22.7 Å². The predicted molar refractivity (Wildman–Crippen MR) is 99.1 cm³/mol. The molecule has 0 unspecified atom stereocenters. The number of tetrazole rings is 1. The van der Waals surface area contributed by atoms with E-state index in [0.29, 0.717) is 0 Å². The van der Waals surface area contributed by atoms with E-state index in [1.165, 1.54) is 25.4 Å². The first-order chi connectivity index (χ1) is 13.6. The zero-order valence-corrected chi connectivity index (χ0v) is 16.5. The Kier molecular flexibility index (Phi) is 5.87. The van der Waals surface area contributed by atoms with Gasteiger partial charge in [0.2, 0.25) is 5.91 Å². The summed E-state index contributed by atoms with van der Waals surface area (Å²) in [6.07, 6.45) is -3.49. The van der Waals surface area contributed by atoms with Crippen LogP contribution in [0.25, 0.3) is 16.8 Å². The molecule has 1 aromatic heterocycles. The van der Waals surface area contributed by atoms with Gasteiger partial charge < -0.3 is 4.84 Å². The number of rotatable bonds is 4. The third-order valence-corrected chi connectivity index (χ3v) is 4.70. The number of hydroxylamine groups is 1. The van der Waals surface area contributed by atoms with E-state index >= 15 is 0 Å². The average molecular weight is 467 g/mol. The van der Waals surface area contributed by atoms with Crippen molar-refractivity contribution in [3.05, 3.63) is 51.2 Å². The van der Waals surface area contributed by atoms with Crippen molar-refractivity contribution in [1.82, 2.24) is 25.7 Å². The first-order valence-corrected chi connectivity index (χ1v) is 8.79. The number of aromatic nitrogens is 4. The normalized spacial score (nSPS) is 11.4. The smallest absolute Gasteiger partial charge is 0.378 e. The average Bonchev–Trinajstić information content (AvgIpc) is 3.15. The highest BCUT2D eigenvalue weighted by Crippen LogP contribution is 2.46. The summed E-state index contributed by atoms with van der Waals surface area (Å²) >= 11 is 18.4. The lowest BCUT2D eigenvalue weighted by atomic mass is 10.0. The fraction of sp³-hybridized carbons (Fsp3) is 0.125. The quantitative estimate of drug-likeness (QED) is 0.562. The van der Waals surface area contributed by atoms with Gasteiger partial charge in [0.05, 0.1) is 26.3 Å². The number of hydrogen-bond acceptors (Lipinski definition) is 5. The molecule has 2 aromatic carbocycles. The molecule has 0 atom stereocenters. The van der Waals surface area contributed by atoms with Crippen molar-refractivity contribution in [2.24, 2.45) is 0 Å². The minimum Gasteiger partial charge on any atom is -0.378 e. The Balaban J connectivity index is 2.26. The van der Waals surface area contributed by atoms with Crippen LogP contribution in [0.15, 0.2) is 30.6 Å². The topological polar surface area (TPSA) is 81.9 Å². The van der Waals surface area contributed by atoms with Crippen molar-refractivity contribution in [3.8, 4) is 22.6 Å². The lowest BCUT2D eigenvalue weighted by molar-refractivity contribution is -0.137. The molecule has 152 valence electrons. The maximum absolute atomic E-state index is 13.3. The van der Waals surface area contributed by atoms with Crippen molar-refractivity contribution >= 4 is 40.7 Å². The summed E-state index contributed by atoms with van der Waals surface area (Å²) in [5, 5.41) is 10.0. The summed E-state index contributed by atoms with van der Waals surface area (Å²) in [5.41, 5.74) is 1.19. The van der Waals surface area contributed by atoms with Gasteiger partial charge in [-0.05, 0) is 28.1 Å². The van der Waals surface area contributed by atoms with Crippen LogP contribution in [0, 0.1) is 0 Å². The summed E-state index contributed by atoms with van der Waals surface area (Å²) in [5.74, 6) is -0.623. The first kappa shape index (κ1) is 21.2. The van der Waals surface area contributed by atoms with Gasteiger partial charge in [0.25, 0.3) is 0 Å². The molecule has 3 aromatic rings. The Morgan fingerprint density at radius 2 is 1.90 bits per heavy atom. The summed E-state index contributed by atoms with van der Waals surface area (Å²) in [4.78, 5) is 16.3. The van der Waals surface area contributed by atoms with Crippen LogP contribution in [0.3, 0.4) is 0 Å². The number of halogens is 6. The second-order valence-corrected chi connectivity index (χ2v) is 6.77. The molecule has 0 radical (unpaired) electrons. The first-order valence-electron chi connectivity index (χ1n) is 7.65. The largest absolute Gasteiger partial charge is 0.417 e. The number of amides is 1. The second kappa shape index (κ2) is 8.05. The third kappa shape index (κ3) is 4.39. The molecule has 0 aliphatic rings. The van der Waals surface area contributed by atoms with Crippen molar-refractivity contribution in [1.29, 1.82) is 0 Å². The van der Waals surface area contributed by atoms with E-state index in [1.54, 1.807) is 0 Å². The number of nitrogens with zero attached hydrogens (tertiary/aromatic N) is 4. The molecule has 1 heterocycles. The van der Waals surface area contributed by atoms with E-state index in [2.05, 4.69) is 21.0 Å². The summed E-state index contributed by atoms with van der Waals surface area (Å²) in [7, 11) is 0. The highest BCUT2D eigenvalue weighted by molar-refractivity contribution is 6.41. The van der Waals surface area contributed by atoms with Gasteiger partial charge >= 0.3 is 6.18 Å². The molecule has 0 bridgehead atoms. The van der Waals surface area contributed by atoms with Crippen molar-refractivity contribution in [3.63, 3.8) is 0 Å². The van der Waals surface area contributed by atoms with Crippen LogP contribution in [0.2, 0.25) is 15.1 Å². The minimum absolute atomic E-state index is 0.00357. The third-order valence-electron chi connectivity index (χ3n) is 3.61. The van der Waals surface area contributed by atoms with Crippen LogP contribution in [-0.4, -0.2) is 26.1 Å². The predicted octanol–water partition coefficient (Wildman–Crippen LogP) is 4.74. The number of hydrogen-bond donors (Lipinski definition) is 1. The van der Waals surface area contributed by atoms with Gasteiger partial charge in [0.15, 0.2) is 5.75 Å². The molecule has 3 rings (SSSR count). The van der Waals surface area contributed by atoms with Crippen LogP contribution in [0.1, 0.15) is 12.5 Å². The Labute approximate surface area is 176 Å². The highest BCUT2D eigenvalue weighted by atomic mass is 35.5. The zero-order valence-electron chi connectivity index (χ0n) is 14.3. The van der Waals surface area contributed by atoms with Gasteiger partial charge in [-0.2, -0.15) is 23.3 Å². The van der Waals surface area contributed by atoms with Crippen LogP contribution < -0.4 is 10.3 Å². The van der Waals surface area contributed by atoms with Gasteiger partial charge in [-0.1, -0.05) is 40.9 Å². The van der Waals surface area contributed by atoms with Gasteiger partial charge in [0, 0.05) is 18.6 Å². The summed E-state index contributed by atoms with van der Waals surface area (Å²) < 4.78 is 41.0. The van der Waals surface area contributed by atoms with Gasteiger partial charge in [-0.25, -0.2) is 0 Å². The molecular formula is C16H9Cl3F3N5O2. The summed E-state index contributed by atoms with van der Waals surface area (Å²) in [6, 6.07) is 4.52. The number of carbonyl (C=O) groups excluding carboxylic acids is 1. The SMILES string of the molecule is CC(=O)NOc1cc(-n2cnnn2)c(Cl)c(-c2ccc(Cl)c(C(F)(F)F)c2)c1Cl. The molecular weight excluding hydrogens is 458 g/mol. The Morgan fingerprint density at radius 3 is 2.48 bits per heavy atom. The van der Waals surface area contributed by atoms with Crippen LogP contribution in [0.5, 0.6) is 5.75 Å². The Bertz CT molecular complexity index is 1070. The number of nitrogens with one attached hydrogen (secondary N) is 1. The molecule has 7 nitrogen and oxygen atoms in total. The maximum atomic E-state index is 13.3. The van der Waals surface area contributed by atoms with Crippen molar-refractivity contribution < 1.29 is 22.8 Å². The number of carbonyl (C=O) groups is 1. The Hall–Kier alpha value is -2.56. The van der Waals surface area contributed by atoms with Gasteiger partial charge in [0.1, 0.15) is 6.33 Å². The molecule has 0 fully saturated rings. The highest BCUT2D eigenvalue weighted by Gasteiger charge is 2.34. The van der Waals surface area contributed by atoms with Gasteiger partial charge in [-0.3, -0.25) is 4.79 Å². The lowest BCUT2D eigenvalue weighted by Gasteiger charge is -2.17. The van der Waals surface area contributed by atoms with E-state index in [4.69, 9.17) is 39.6 Å².